The minimum atomic E-state index is -0.552. The van der Waals surface area contributed by atoms with Gasteiger partial charge in [0.2, 0.25) is 11.8 Å². The molecule has 5 nitrogen and oxygen atoms in total. The van der Waals surface area contributed by atoms with Crippen LogP contribution in [-0.4, -0.2) is 29.6 Å². The quantitative estimate of drug-likeness (QED) is 0.753. The van der Waals surface area contributed by atoms with Crippen LogP contribution in [0.25, 0.3) is 0 Å². The smallest absolute Gasteiger partial charge is 0.227 e. The van der Waals surface area contributed by atoms with Gasteiger partial charge in [-0.1, -0.05) is 18.2 Å². The van der Waals surface area contributed by atoms with Gasteiger partial charge in [-0.05, 0) is 31.4 Å². The average molecular weight is 276 g/mol. The molecule has 0 spiro atoms. The average Bonchev–Trinajstić information content (AvgIpc) is 2.42. The number of amides is 2. The molecule has 0 aliphatic carbocycles. The van der Waals surface area contributed by atoms with E-state index >= 15 is 0 Å². The third-order valence-electron chi connectivity index (χ3n) is 3.43. The second kappa shape index (κ2) is 6.52. The molecule has 0 saturated heterocycles. The van der Waals surface area contributed by atoms with Crippen molar-refractivity contribution in [2.24, 2.45) is 5.92 Å². The number of anilines is 1. The van der Waals surface area contributed by atoms with Crippen LogP contribution in [0.2, 0.25) is 0 Å². The first-order chi connectivity index (χ1) is 9.56. The van der Waals surface area contributed by atoms with E-state index in [0.29, 0.717) is 19.3 Å². The van der Waals surface area contributed by atoms with Crippen LogP contribution in [0.3, 0.4) is 0 Å². The SMILES string of the molecule is CC(O)CNC(=O)CCC1Cc2ccccc2NC1=O. The van der Waals surface area contributed by atoms with Gasteiger partial charge in [0.15, 0.2) is 0 Å². The van der Waals surface area contributed by atoms with Gasteiger partial charge in [0.05, 0.1) is 6.10 Å². The fraction of sp³-hybridized carbons (Fsp3) is 0.467. The van der Waals surface area contributed by atoms with Crippen molar-refractivity contribution in [2.45, 2.75) is 32.3 Å². The Morgan fingerprint density at radius 2 is 2.25 bits per heavy atom. The van der Waals surface area contributed by atoms with Crippen LogP contribution in [-0.2, 0) is 16.0 Å². The van der Waals surface area contributed by atoms with Crippen molar-refractivity contribution in [1.29, 1.82) is 0 Å². The predicted octanol–water partition coefficient (Wildman–Crippen LogP) is 1.07. The molecular formula is C15H20N2O3. The molecule has 0 saturated carbocycles. The van der Waals surface area contributed by atoms with Crippen molar-refractivity contribution in [2.75, 3.05) is 11.9 Å². The van der Waals surface area contributed by atoms with Crippen molar-refractivity contribution in [1.82, 2.24) is 5.32 Å². The second-order valence-electron chi connectivity index (χ2n) is 5.24. The largest absolute Gasteiger partial charge is 0.392 e. The predicted molar refractivity (Wildman–Crippen MR) is 76.2 cm³/mol. The molecule has 1 aliphatic rings. The maximum absolute atomic E-state index is 12.0. The molecule has 108 valence electrons. The van der Waals surface area contributed by atoms with Crippen LogP contribution in [0.5, 0.6) is 0 Å². The highest BCUT2D eigenvalue weighted by molar-refractivity contribution is 5.96. The third kappa shape index (κ3) is 3.81. The summed E-state index contributed by atoms with van der Waals surface area (Å²) in [6.07, 6.45) is 0.939. The van der Waals surface area contributed by atoms with Crippen molar-refractivity contribution >= 4 is 17.5 Å². The second-order valence-corrected chi connectivity index (χ2v) is 5.24. The van der Waals surface area contributed by atoms with Gasteiger partial charge in [-0.3, -0.25) is 9.59 Å². The van der Waals surface area contributed by atoms with E-state index in [0.717, 1.165) is 11.3 Å². The van der Waals surface area contributed by atoms with E-state index in [1.807, 2.05) is 24.3 Å². The lowest BCUT2D eigenvalue weighted by Gasteiger charge is -2.24. The number of hydrogen-bond donors (Lipinski definition) is 3. The van der Waals surface area contributed by atoms with Gasteiger partial charge in [0, 0.05) is 24.6 Å². The first-order valence-corrected chi connectivity index (χ1v) is 6.90. The number of fused-ring (bicyclic) bond motifs is 1. The Labute approximate surface area is 118 Å². The molecule has 2 unspecified atom stereocenters. The maximum atomic E-state index is 12.0. The number of aliphatic hydroxyl groups is 1. The summed E-state index contributed by atoms with van der Waals surface area (Å²) in [5, 5.41) is 14.6. The van der Waals surface area contributed by atoms with Crippen molar-refractivity contribution < 1.29 is 14.7 Å². The fourth-order valence-corrected chi connectivity index (χ4v) is 2.30. The molecule has 0 aromatic heterocycles. The molecular weight excluding hydrogens is 256 g/mol. The topological polar surface area (TPSA) is 78.4 Å². The van der Waals surface area contributed by atoms with Gasteiger partial charge in [-0.2, -0.15) is 0 Å². The summed E-state index contributed by atoms with van der Waals surface area (Å²) in [5.74, 6) is -0.313. The van der Waals surface area contributed by atoms with E-state index in [1.54, 1.807) is 6.92 Å². The molecule has 1 aromatic rings. The van der Waals surface area contributed by atoms with Crippen LogP contribution < -0.4 is 10.6 Å². The molecule has 0 fully saturated rings. The number of carbonyl (C=O) groups is 2. The minimum absolute atomic E-state index is 0.0213. The summed E-state index contributed by atoms with van der Waals surface area (Å²) in [7, 11) is 0. The molecule has 1 heterocycles. The molecule has 2 atom stereocenters. The highest BCUT2D eigenvalue weighted by Crippen LogP contribution is 2.27. The summed E-state index contributed by atoms with van der Waals surface area (Å²) in [6.45, 7) is 1.87. The molecule has 2 amide bonds. The molecule has 20 heavy (non-hydrogen) atoms. The Morgan fingerprint density at radius 3 is 3.00 bits per heavy atom. The van der Waals surface area contributed by atoms with Gasteiger partial charge in [0.1, 0.15) is 0 Å². The van der Waals surface area contributed by atoms with Crippen LogP contribution in [0.15, 0.2) is 24.3 Å². The van der Waals surface area contributed by atoms with Gasteiger partial charge in [-0.15, -0.1) is 0 Å². The standard InChI is InChI=1S/C15H20N2O3/c1-10(18)9-16-14(19)7-6-12-8-11-4-2-3-5-13(11)17-15(12)20/h2-5,10,12,18H,6-9H2,1H3,(H,16,19)(H,17,20). The van der Waals surface area contributed by atoms with E-state index in [1.165, 1.54) is 0 Å². The Balaban J connectivity index is 1.85. The molecule has 0 radical (unpaired) electrons. The number of aliphatic hydroxyl groups excluding tert-OH is 1. The lowest BCUT2D eigenvalue weighted by atomic mass is 9.89. The molecule has 3 N–H and O–H groups in total. The van der Waals surface area contributed by atoms with E-state index in [9.17, 15) is 9.59 Å². The summed E-state index contributed by atoms with van der Waals surface area (Å²) >= 11 is 0. The Morgan fingerprint density at radius 1 is 1.50 bits per heavy atom. The zero-order valence-electron chi connectivity index (χ0n) is 11.6. The van der Waals surface area contributed by atoms with Crippen LogP contribution in [0.1, 0.15) is 25.3 Å². The van der Waals surface area contributed by atoms with Crippen molar-refractivity contribution in [3.05, 3.63) is 29.8 Å². The van der Waals surface area contributed by atoms with E-state index in [2.05, 4.69) is 10.6 Å². The number of nitrogens with one attached hydrogen (secondary N) is 2. The molecule has 0 bridgehead atoms. The first-order valence-electron chi connectivity index (χ1n) is 6.90. The van der Waals surface area contributed by atoms with Crippen molar-refractivity contribution in [3.63, 3.8) is 0 Å². The summed E-state index contributed by atoms with van der Waals surface area (Å²) in [6, 6.07) is 7.72. The lowest BCUT2D eigenvalue weighted by molar-refractivity contribution is -0.123. The molecule has 1 aromatic carbocycles. The highest BCUT2D eigenvalue weighted by atomic mass is 16.3. The number of benzene rings is 1. The van der Waals surface area contributed by atoms with Crippen LogP contribution in [0.4, 0.5) is 5.69 Å². The highest BCUT2D eigenvalue weighted by Gasteiger charge is 2.26. The third-order valence-corrected chi connectivity index (χ3v) is 3.43. The lowest BCUT2D eigenvalue weighted by Crippen LogP contribution is -2.33. The van der Waals surface area contributed by atoms with Gasteiger partial charge in [-0.25, -0.2) is 0 Å². The normalized spacial score (nSPS) is 18.9. The van der Waals surface area contributed by atoms with Crippen LogP contribution >= 0.6 is 0 Å². The Hall–Kier alpha value is -1.88. The van der Waals surface area contributed by atoms with Gasteiger partial charge >= 0.3 is 0 Å². The van der Waals surface area contributed by atoms with Crippen molar-refractivity contribution in [3.8, 4) is 0 Å². The summed E-state index contributed by atoms with van der Waals surface area (Å²) < 4.78 is 0. The minimum Gasteiger partial charge on any atom is -0.392 e. The molecule has 2 rings (SSSR count). The number of carbonyl (C=O) groups excluding carboxylic acids is 2. The number of hydrogen-bond acceptors (Lipinski definition) is 3. The van der Waals surface area contributed by atoms with E-state index < -0.39 is 6.10 Å². The van der Waals surface area contributed by atoms with E-state index in [4.69, 9.17) is 5.11 Å². The summed E-state index contributed by atoms with van der Waals surface area (Å²) in [5.41, 5.74) is 1.98. The zero-order chi connectivity index (χ0) is 14.5. The van der Waals surface area contributed by atoms with Gasteiger partial charge < -0.3 is 15.7 Å². The zero-order valence-corrected chi connectivity index (χ0v) is 11.6. The summed E-state index contributed by atoms with van der Waals surface area (Å²) in [4.78, 5) is 23.5. The maximum Gasteiger partial charge on any atom is 0.227 e. The Kier molecular flexibility index (Phi) is 4.74. The molecule has 5 heteroatoms. The van der Waals surface area contributed by atoms with E-state index in [-0.39, 0.29) is 24.3 Å². The molecule has 1 aliphatic heterocycles. The number of rotatable bonds is 5. The fourth-order valence-electron chi connectivity index (χ4n) is 2.30. The number of para-hydroxylation sites is 1. The first kappa shape index (κ1) is 14.5. The van der Waals surface area contributed by atoms with Gasteiger partial charge in [0.25, 0.3) is 0 Å². The monoisotopic (exact) mass is 276 g/mol. The van der Waals surface area contributed by atoms with Crippen LogP contribution in [0, 0.1) is 5.92 Å². The Bertz CT molecular complexity index is 500.